The van der Waals surface area contributed by atoms with Crippen LogP contribution in [0.2, 0.25) is 0 Å². The highest BCUT2D eigenvalue weighted by Crippen LogP contribution is 2.22. The molecule has 0 radical (unpaired) electrons. The number of allylic oxidation sites excluding steroid dienone is 1. The van der Waals surface area contributed by atoms with Gasteiger partial charge in [0.2, 0.25) is 5.88 Å². The first kappa shape index (κ1) is 12.8. The summed E-state index contributed by atoms with van der Waals surface area (Å²) in [6.07, 6.45) is 4.95. The van der Waals surface area contributed by atoms with Gasteiger partial charge in [0, 0.05) is 23.2 Å². The number of hydrogen-bond acceptors (Lipinski definition) is 6. The molecule has 104 valence electrons. The summed E-state index contributed by atoms with van der Waals surface area (Å²) in [5.41, 5.74) is 1.43. The first-order valence-electron chi connectivity index (χ1n) is 5.90. The Labute approximate surface area is 115 Å². The topological polar surface area (TPSA) is 87.0 Å². The molecule has 3 rings (SSSR count). The standard InChI is InChI=1S/C12H12N4O3S/c1-19-12-3-2-9(6-13-12)11-7-16(15-14-11)10-4-5-20(17,18)8-10/h2-7,10H,8H2,1H3/t10-/m0/s1. The van der Waals surface area contributed by atoms with Gasteiger partial charge in [0.1, 0.15) is 5.69 Å². The van der Waals surface area contributed by atoms with E-state index in [1.165, 1.54) is 5.41 Å². The van der Waals surface area contributed by atoms with Crippen molar-refractivity contribution in [1.82, 2.24) is 20.0 Å². The van der Waals surface area contributed by atoms with Gasteiger partial charge in [-0.15, -0.1) is 5.10 Å². The van der Waals surface area contributed by atoms with Crippen molar-refractivity contribution < 1.29 is 13.2 Å². The second-order valence-electron chi connectivity index (χ2n) is 4.40. The van der Waals surface area contributed by atoms with Crippen LogP contribution in [-0.2, 0) is 9.84 Å². The number of hydrogen-bond donors (Lipinski definition) is 0. The van der Waals surface area contributed by atoms with Crippen molar-refractivity contribution in [2.45, 2.75) is 6.04 Å². The van der Waals surface area contributed by atoms with Crippen LogP contribution < -0.4 is 4.74 Å². The van der Waals surface area contributed by atoms with Crippen LogP contribution >= 0.6 is 0 Å². The third-order valence-electron chi connectivity index (χ3n) is 3.00. The average molecular weight is 292 g/mol. The lowest BCUT2D eigenvalue weighted by Gasteiger charge is -2.04. The molecule has 0 saturated carbocycles. The van der Waals surface area contributed by atoms with Gasteiger partial charge in [0.15, 0.2) is 9.84 Å². The van der Waals surface area contributed by atoms with Gasteiger partial charge < -0.3 is 4.74 Å². The van der Waals surface area contributed by atoms with Crippen LogP contribution in [0.4, 0.5) is 0 Å². The Morgan fingerprint density at radius 2 is 2.25 bits per heavy atom. The molecule has 0 saturated heterocycles. The van der Waals surface area contributed by atoms with Crippen molar-refractivity contribution in [3.8, 4) is 17.1 Å². The molecule has 0 bridgehead atoms. The van der Waals surface area contributed by atoms with Crippen molar-refractivity contribution in [2.24, 2.45) is 0 Å². The first-order chi connectivity index (χ1) is 9.57. The maximum absolute atomic E-state index is 11.4. The highest BCUT2D eigenvalue weighted by atomic mass is 32.2. The van der Waals surface area contributed by atoms with Gasteiger partial charge in [-0.3, -0.25) is 0 Å². The van der Waals surface area contributed by atoms with E-state index in [9.17, 15) is 8.42 Å². The molecule has 3 heterocycles. The Hall–Kier alpha value is -2.22. The SMILES string of the molecule is COc1ccc(-c2cn([C@H]3C=CS(=O)(=O)C3)nn2)cn1. The quantitative estimate of drug-likeness (QED) is 0.833. The molecule has 0 aliphatic carbocycles. The fourth-order valence-electron chi connectivity index (χ4n) is 1.95. The minimum Gasteiger partial charge on any atom is -0.481 e. The van der Waals surface area contributed by atoms with Crippen LogP contribution in [0.3, 0.4) is 0 Å². The van der Waals surface area contributed by atoms with E-state index in [1.54, 1.807) is 36.3 Å². The van der Waals surface area contributed by atoms with Crippen LogP contribution in [0, 0.1) is 0 Å². The third-order valence-corrected chi connectivity index (χ3v) is 4.38. The third kappa shape index (κ3) is 2.42. The molecule has 1 aliphatic heterocycles. The lowest BCUT2D eigenvalue weighted by molar-refractivity contribution is 0.398. The number of sulfone groups is 1. The Bertz CT molecular complexity index is 749. The summed E-state index contributed by atoms with van der Waals surface area (Å²) in [7, 11) is -1.56. The van der Waals surface area contributed by atoms with Gasteiger partial charge in [-0.25, -0.2) is 18.1 Å². The Morgan fingerprint density at radius 3 is 2.85 bits per heavy atom. The Morgan fingerprint density at radius 1 is 1.40 bits per heavy atom. The van der Waals surface area contributed by atoms with E-state index in [2.05, 4.69) is 15.3 Å². The van der Waals surface area contributed by atoms with E-state index in [-0.39, 0.29) is 11.8 Å². The van der Waals surface area contributed by atoms with Crippen molar-refractivity contribution in [2.75, 3.05) is 12.9 Å². The normalized spacial score (nSPS) is 20.1. The zero-order chi connectivity index (χ0) is 14.2. The predicted molar refractivity (Wildman–Crippen MR) is 71.8 cm³/mol. The minimum absolute atomic E-state index is 0.0245. The van der Waals surface area contributed by atoms with E-state index in [1.807, 2.05) is 6.07 Å². The summed E-state index contributed by atoms with van der Waals surface area (Å²) < 4.78 is 29.3. The molecule has 2 aromatic heterocycles. The molecule has 0 fully saturated rings. The van der Waals surface area contributed by atoms with Crippen LogP contribution in [-0.4, -0.2) is 41.3 Å². The highest BCUT2D eigenvalue weighted by Gasteiger charge is 2.24. The highest BCUT2D eigenvalue weighted by molar-refractivity contribution is 7.94. The first-order valence-corrected chi connectivity index (χ1v) is 7.62. The molecule has 8 heteroatoms. The van der Waals surface area contributed by atoms with Crippen molar-refractivity contribution in [3.63, 3.8) is 0 Å². The van der Waals surface area contributed by atoms with E-state index in [4.69, 9.17) is 4.74 Å². The number of methoxy groups -OCH3 is 1. The van der Waals surface area contributed by atoms with Gasteiger partial charge in [-0.2, -0.15) is 0 Å². The summed E-state index contributed by atoms with van der Waals surface area (Å²) in [6, 6.07) is 3.25. The number of nitrogens with zero attached hydrogens (tertiary/aromatic N) is 4. The molecule has 1 atom stereocenters. The number of pyridine rings is 1. The Kier molecular flexibility index (Phi) is 3.01. The molecular weight excluding hydrogens is 280 g/mol. The van der Waals surface area contributed by atoms with E-state index >= 15 is 0 Å². The molecule has 7 nitrogen and oxygen atoms in total. The summed E-state index contributed by atoms with van der Waals surface area (Å²) in [5, 5.41) is 9.23. The summed E-state index contributed by atoms with van der Waals surface area (Å²) in [4.78, 5) is 4.09. The molecular formula is C12H12N4O3S. The molecule has 1 aliphatic rings. The van der Waals surface area contributed by atoms with E-state index < -0.39 is 9.84 Å². The number of aromatic nitrogens is 4. The molecule has 0 amide bonds. The van der Waals surface area contributed by atoms with Crippen LogP contribution in [0.15, 0.2) is 36.0 Å². The number of ether oxygens (including phenoxy) is 1. The zero-order valence-corrected chi connectivity index (χ0v) is 11.5. The largest absolute Gasteiger partial charge is 0.481 e. The van der Waals surface area contributed by atoms with Gasteiger partial charge in [0.05, 0.1) is 25.1 Å². The van der Waals surface area contributed by atoms with Crippen LogP contribution in [0.5, 0.6) is 5.88 Å². The van der Waals surface area contributed by atoms with Crippen molar-refractivity contribution >= 4 is 9.84 Å². The molecule has 0 aromatic carbocycles. The Balaban J connectivity index is 1.85. The maximum Gasteiger partial charge on any atom is 0.212 e. The lowest BCUT2D eigenvalue weighted by atomic mass is 10.2. The molecule has 0 N–H and O–H groups in total. The van der Waals surface area contributed by atoms with Crippen LogP contribution in [0.1, 0.15) is 6.04 Å². The molecule has 20 heavy (non-hydrogen) atoms. The predicted octanol–water partition coefficient (Wildman–Crippen LogP) is 0.832. The molecule has 2 aromatic rings. The maximum atomic E-state index is 11.4. The van der Waals surface area contributed by atoms with Gasteiger partial charge >= 0.3 is 0 Å². The molecule has 0 unspecified atom stereocenters. The van der Waals surface area contributed by atoms with Crippen molar-refractivity contribution in [3.05, 3.63) is 36.0 Å². The van der Waals surface area contributed by atoms with Crippen molar-refractivity contribution in [1.29, 1.82) is 0 Å². The second-order valence-corrected chi connectivity index (χ2v) is 6.33. The average Bonchev–Trinajstić information content (AvgIpc) is 3.05. The zero-order valence-electron chi connectivity index (χ0n) is 10.7. The minimum atomic E-state index is -3.11. The van der Waals surface area contributed by atoms with E-state index in [0.717, 1.165) is 5.56 Å². The van der Waals surface area contributed by atoms with Gasteiger partial charge in [-0.1, -0.05) is 5.21 Å². The molecule has 0 spiro atoms. The summed E-state index contributed by atoms with van der Waals surface area (Å²) in [6.45, 7) is 0. The summed E-state index contributed by atoms with van der Waals surface area (Å²) in [5.74, 6) is 0.544. The smallest absolute Gasteiger partial charge is 0.212 e. The van der Waals surface area contributed by atoms with Gasteiger partial charge in [0.25, 0.3) is 0 Å². The fraction of sp³-hybridized carbons (Fsp3) is 0.250. The van der Waals surface area contributed by atoms with Crippen LogP contribution in [0.25, 0.3) is 11.3 Å². The lowest BCUT2D eigenvalue weighted by Crippen LogP contribution is -2.12. The monoisotopic (exact) mass is 292 g/mol. The number of rotatable bonds is 3. The van der Waals surface area contributed by atoms with Gasteiger partial charge in [-0.05, 0) is 12.1 Å². The second kappa shape index (κ2) is 4.71. The summed E-state index contributed by atoms with van der Waals surface area (Å²) >= 11 is 0. The fourth-order valence-corrected chi connectivity index (χ4v) is 3.22. The van der Waals surface area contributed by atoms with E-state index in [0.29, 0.717) is 11.6 Å².